The number of piperidine rings is 1. The van der Waals surface area contributed by atoms with Crippen LogP contribution < -0.4 is 5.32 Å². The number of nitrogens with zero attached hydrogens (tertiary/aromatic N) is 1. The molecule has 0 radical (unpaired) electrons. The van der Waals surface area contributed by atoms with Crippen molar-refractivity contribution in [1.82, 2.24) is 10.2 Å². The van der Waals surface area contributed by atoms with Gasteiger partial charge in [-0.2, -0.15) is 0 Å². The smallest absolute Gasteiger partial charge is 0.0452 e. The summed E-state index contributed by atoms with van der Waals surface area (Å²) in [4.78, 5) is 2.65. The number of likely N-dealkylation sites (tertiary alicyclic amines) is 1. The molecule has 1 N–H and O–H groups in total. The van der Waals surface area contributed by atoms with E-state index < -0.39 is 0 Å². The second kappa shape index (κ2) is 5.41. The summed E-state index contributed by atoms with van der Waals surface area (Å²) in [6.07, 6.45) is 3.96. The van der Waals surface area contributed by atoms with Crippen molar-refractivity contribution < 1.29 is 0 Å². The molecule has 2 aliphatic rings. The van der Waals surface area contributed by atoms with E-state index in [0.29, 0.717) is 6.04 Å². The standard InChI is InChI=1S/C16H24N2/c1-13-5-4-10-18(11-13)12-16-15-7-3-2-6-14(15)8-9-17-16/h2-3,6-7,13,16-17H,4-5,8-12H2,1H3. The van der Waals surface area contributed by atoms with Crippen LogP contribution in [0, 0.1) is 5.92 Å². The molecule has 0 aromatic heterocycles. The van der Waals surface area contributed by atoms with E-state index in [2.05, 4.69) is 41.4 Å². The SMILES string of the molecule is CC1CCCN(CC2NCCc3ccccc32)C1. The van der Waals surface area contributed by atoms with Crippen LogP contribution in [-0.2, 0) is 6.42 Å². The summed E-state index contributed by atoms with van der Waals surface area (Å²) in [7, 11) is 0. The van der Waals surface area contributed by atoms with E-state index in [-0.39, 0.29) is 0 Å². The van der Waals surface area contributed by atoms with Gasteiger partial charge in [-0.05, 0) is 49.4 Å². The highest BCUT2D eigenvalue weighted by Gasteiger charge is 2.24. The molecule has 2 aliphatic heterocycles. The Morgan fingerprint density at radius 2 is 2.22 bits per heavy atom. The van der Waals surface area contributed by atoms with Crippen molar-refractivity contribution in [2.75, 3.05) is 26.2 Å². The molecule has 1 aromatic carbocycles. The van der Waals surface area contributed by atoms with E-state index in [4.69, 9.17) is 0 Å². The van der Waals surface area contributed by atoms with Crippen molar-refractivity contribution in [3.63, 3.8) is 0 Å². The fraction of sp³-hybridized carbons (Fsp3) is 0.625. The predicted molar refractivity (Wildman–Crippen MR) is 75.7 cm³/mol. The van der Waals surface area contributed by atoms with Gasteiger partial charge in [-0.3, -0.25) is 0 Å². The van der Waals surface area contributed by atoms with Gasteiger partial charge in [0, 0.05) is 19.1 Å². The molecule has 0 bridgehead atoms. The summed E-state index contributed by atoms with van der Waals surface area (Å²) in [5, 5.41) is 3.70. The van der Waals surface area contributed by atoms with Crippen molar-refractivity contribution in [3.05, 3.63) is 35.4 Å². The Kier molecular flexibility index (Phi) is 3.67. The average Bonchev–Trinajstić information content (AvgIpc) is 2.39. The van der Waals surface area contributed by atoms with Crippen LogP contribution >= 0.6 is 0 Å². The third-order valence-corrected chi connectivity index (χ3v) is 4.40. The zero-order chi connectivity index (χ0) is 12.4. The largest absolute Gasteiger partial charge is 0.309 e. The van der Waals surface area contributed by atoms with Gasteiger partial charge in [0.25, 0.3) is 0 Å². The molecule has 98 valence electrons. The Morgan fingerprint density at radius 3 is 3.11 bits per heavy atom. The quantitative estimate of drug-likeness (QED) is 0.860. The molecule has 2 heteroatoms. The lowest BCUT2D eigenvalue weighted by Crippen LogP contribution is -2.42. The van der Waals surface area contributed by atoms with Gasteiger partial charge in [0.2, 0.25) is 0 Å². The first kappa shape index (κ1) is 12.2. The zero-order valence-corrected chi connectivity index (χ0v) is 11.4. The molecule has 1 fully saturated rings. The Bertz CT molecular complexity index is 402. The summed E-state index contributed by atoms with van der Waals surface area (Å²) >= 11 is 0. The number of fused-ring (bicyclic) bond motifs is 1. The van der Waals surface area contributed by atoms with Gasteiger partial charge in [0.15, 0.2) is 0 Å². The van der Waals surface area contributed by atoms with Crippen LogP contribution in [0.1, 0.15) is 36.9 Å². The van der Waals surface area contributed by atoms with E-state index in [1.165, 1.54) is 44.5 Å². The van der Waals surface area contributed by atoms with E-state index in [0.717, 1.165) is 12.5 Å². The van der Waals surface area contributed by atoms with Crippen molar-refractivity contribution in [2.24, 2.45) is 5.92 Å². The van der Waals surface area contributed by atoms with Crippen LogP contribution in [-0.4, -0.2) is 31.1 Å². The number of hydrogen-bond acceptors (Lipinski definition) is 2. The molecule has 3 rings (SSSR count). The molecule has 0 spiro atoms. The summed E-state index contributed by atoms with van der Waals surface area (Å²) in [5.74, 6) is 0.873. The fourth-order valence-corrected chi connectivity index (χ4v) is 3.47. The summed E-state index contributed by atoms with van der Waals surface area (Å²) in [6, 6.07) is 9.49. The lowest BCUT2D eigenvalue weighted by Gasteiger charge is -2.36. The van der Waals surface area contributed by atoms with Gasteiger partial charge in [0.1, 0.15) is 0 Å². The minimum Gasteiger partial charge on any atom is -0.309 e. The van der Waals surface area contributed by atoms with Crippen LogP contribution in [0.25, 0.3) is 0 Å². The highest BCUT2D eigenvalue weighted by atomic mass is 15.2. The molecule has 0 amide bonds. The second-order valence-electron chi connectivity index (χ2n) is 5.96. The van der Waals surface area contributed by atoms with E-state index >= 15 is 0 Å². The summed E-state index contributed by atoms with van der Waals surface area (Å²) < 4.78 is 0. The summed E-state index contributed by atoms with van der Waals surface area (Å²) in [5.41, 5.74) is 3.08. The average molecular weight is 244 g/mol. The maximum atomic E-state index is 3.70. The van der Waals surface area contributed by atoms with Gasteiger partial charge in [-0.15, -0.1) is 0 Å². The maximum absolute atomic E-state index is 3.70. The first-order valence-electron chi connectivity index (χ1n) is 7.36. The van der Waals surface area contributed by atoms with Crippen molar-refractivity contribution >= 4 is 0 Å². The minimum atomic E-state index is 0.542. The Morgan fingerprint density at radius 1 is 1.33 bits per heavy atom. The van der Waals surface area contributed by atoms with Crippen LogP contribution in [0.4, 0.5) is 0 Å². The first-order valence-corrected chi connectivity index (χ1v) is 7.36. The Balaban J connectivity index is 1.70. The molecule has 2 heterocycles. The number of nitrogens with one attached hydrogen (secondary N) is 1. The van der Waals surface area contributed by atoms with E-state index in [1.54, 1.807) is 5.56 Å². The molecule has 1 aromatic rings. The highest BCUT2D eigenvalue weighted by molar-refractivity contribution is 5.32. The van der Waals surface area contributed by atoms with E-state index in [1.807, 2.05) is 0 Å². The monoisotopic (exact) mass is 244 g/mol. The van der Waals surface area contributed by atoms with Crippen LogP contribution in [0.2, 0.25) is 0 Å². The molecule has 2 unspecified atom stereocenters. The van der Waals surface area contributed by atoms with Gasteiger partial charge in [0.05, 0.1) is 0 Å². The van der Waals surface area contributed by atoms with Crippen LogP contribution in [0.3, 0.4) is 0 Å². The van der Waals surface area contributed by atoms with Gasteiger partial charge >= 0.3 is 0 Å². The highest BCUT2D eigenvalue weighted by Crippen LogP contribution is 2.25. The third-order valence-electron chi connectivity index (χ3n) is 4.40. The van der Waals surface area contributed by atoms with Crippen LogP contribution in [0.5, 0.6) is 0 Å². The lowest BCUT2D eigenvalue weighted by atomic mass is 9.93. The van der Waals surface area contributed by atoms with Gasteiger partial charge < -0.3 is 10.2 Å². The zero-order valence-electron chi connectivity index (χ0n) is 11.4. The summed E-state index contributed by atoms with van der Waals surface area (Å²) in [6.45, 7) is 7.26. The van der Waals surface area contributed by atoms with Crippen molar-refractivity contribution in [1.29, 1.82) is 0 Å². The van der Waals surface area contributed by atoms with Gasteiger partial charge in [-0.25, -0.2) is 0 Å². The number of benzene rings is 1. The second-order valence-corrected chi connectivity index (χ2v) is 5.96. The number of hydrogen-bond donors (Lipinski definition) is 1. The normalized spacial score (nSPS) is 28.9. The first-order chi connectivity index (χ1) is 8.83. The molecule has 2 nitrogen and oxygen atoms in total. The topological polar surface area (TPSA) is 15.3 Å². The molecule has 18 heavy (non-hydrogen) atoms. The Hall–Kier alpha value is -0.860. The lowest BCUT2D eigenvalue weighted by molar-refractivity contribution is 0.165. The van der Waals surface area contributed by atoms with E-state index in [9.17, 15) is 0 Å². The number of rotatable bonds is 2. The molecule has 0 saturated carbocycles. The van der Waals surface area contributed by atoms with Gasteiger partial charge in [-0.1, -0.05) is 31.2 Å². The fourth-order valence-electron chi connectivity index (χ4n) is 3.47. The minimum absolute atomic E-state index is 0.542. The molecule has 2 atom stereocenters. The molecular formula is C16H24N2. The molecule has 1 saturated heterocycles. The molecule has 0 aliphatic carbocycles. The predicted octanol–water partition coefficient (Wildman–Crippen LogP) is 2.61. The van der Waals surface area contributed by atoms with Crippen molar-refractivity contribution in [3.8, 4) is 0 Å². The molecular weight excluding hydrogens is 220 g/mol. The third kappa shape index (κ3) is 2.60. The van der Waals surface area contributed by atoms with Crippen molar-refractivity contribution in [2.45, 2.75) is 32.2 Å². The maximum Gasteiger partial charge on any atom is 0.0452 e. The van der Waals surface area contributed by atoms with Crippen LogP contribution in [0.15, 0.2) is 24.3 Å². The Labute approximate surface area is 110 Å².